The van der Waals surface area contributed by atoms with E-state index in [2.05, 4.69) is 10.1 Å². The van der Waals surface area contributed by atoms with Crippen molar-refractivity contribution in [3.8, 4) is 11.3 Å². The molecule has 5 heteroatoms. The second-order valence-corrected chi connectivity index (χ2v) is 6.24. The van der Waals surface area contributed by atoms with Crippen LogP contribution in [0, 0.1) is 0 Å². The molecular formula is C20H19N3O2. The molecule has 1 aromatic carbocycles. The van der Waals surface area contributed by atoms with Crippen molar-refractivity contribution in [2.45, 2.75) is 31.7 Å². The van der Waals surface area contributed by atoms with Crippen LogP contribution in [0.3, 0.4) is 0 Å². The van der Waals surface area contributed by atoms with Gasteiger partial charge in [-0.25, -0.2) is 4.98 Å². The number of benzene rings is 1. The Morgan fingerprint density at radius 1 is 1.04 bits per heavy atom. The van der Waals surface area contributed by atoms with E-state index in [1.54, 1.807) is 17.2 Å². The number of aromatic nitrogens is 2. The van der Waals surface area contributed by atoms with Gasteiger partial charge in [-0.2, -0.15) is 0 Å². The van der Waals surface area contributed by atoms with E-state index in [1.165, 1.54) is 0 Å². The highest BCUT2D eigenvalue weighted by molar-refractivity contribution is 6.04. The van der Waals surface area contributed by atoms with Gasteiger partial charge >= 0.3 is 0 Å². The van der Waals surface area contributed by atoms with Gasteiger partial charge in [-0.15, -0.1) is 0 Å². The summed E-state index contributed by atoms with van der Waals surface area (Å²) in [6, 6.07) is 17.2. The number of amides is 1. The van der Waals surface area contributed by atoms with Crippen molar-refractivity contribution in [3.63, 3.8) is 0 Å². The fourth-order valence-electron chi connectivity index (χ4n) is 3.36. The van der Waals surface area contributed by atoms with Gasteiger partial charge in [-0.3, -0.25) is 9.69 Å². The van der Waals surface area contributed by atoms with Crippen LogP contribution in [0.2, 0.25) is 0 Å². The third-order valence-electron chi connectivity index (χ3n) is 4.60. The van der Waals surface area contributed by atoms with Crippen LogP contribution in [0.4, 0.5) is 5.82 Å². The Morgan fingerprint density at radius 2 is 1.80 bits per heavy atom. The quantitative estimate of drug-likeness (QED) is 0.713. The fourth-order valence-corrected chi connectivity index (χ4v) is 3.36. The highest BCUT2D eigenvalue weighted by Crippen LogP contribution is 2.29. The second-order valence-electron chi connectivity index (χ2n) is 6.24. The minimum atomic E-state index is -0.180. The van der Waals surface area contributed by atoms with Crippen molar-refractivity contribution < 1.29 is 9.32 Å². The number of carbonyl (C=O) groups excluding carboxylic acids is 1. The minimum Gasteiger partial charge on any atom is -0.350 e. The predicted molar refractivity (Wildman–Crippen MR) is 95.2 cm³/mol. The molecule has 1 fully saturated rings. The van der Waals surface area contributed by atoms with E-state index in [4.69, 9.17) is 4.52 Å². The fraction of sp³-hybridized carbons (Fsp3) is 0.250. The van der Waals surface area contributed by atoms with Gasteiger partial charge in [0.25, 0.3) is 5.91 Å². The Kier molecular flexibility index (Phi) is 4.29. The average molecular weight is 333 g/mol. The number of nitrogens with zero attached hydrogens (tertiary/aromatic N) is 3. The summed E-state index contributed by atoms with van der Waals surface area (Å²) in [5, 5.41) is 4.07. The molecule has 4 rings (SSSR count). The summed E-state index contributed by atoms with van der Waals surface area (Å²) in [4.78, 5) is 19.3. The van der Waals surface area contributed by atoms with Crippen molar-refractivity contribution >= 4 is 11.7 Å². The summed E-state index contributed by atoms with van der Waals surface area (Å²) < 4.78 is 5.37. The first-order valence-corrected chi connectivity index (χ1v) is 8.59. The number of carbonyl (C=O) groups is 1. The van der Waals surface area contributed by atoms with E-state index in [1.807, 2.05) is 48.5 Å². The third kappa shape index (κ3) is 3.18. The molecule has 2 heterocycles. The Bertz CT molecular complexity index is 840. The molecule has 25 heavy (non-hydrogen) atoms. The number of rotatable bonds is 4. The van der Waals surface area contributed by atoms with E-state index in [9.17, 15) is 4.79 Å². The maximum Gasteiger partial charge on any atom is 0.298 e. The Labute approximate surface area is 146 Å². The molecule has 126 valence electrons. The summed E-state index contributed by atoms with van der Waals surface area (Å²) in [6.07, 6.45) is 5.95. The smallest absolute Gasteiger partial charge is 0.298 e. The van der Waals surface area contributed by atoms with E-state index < -0.39 is 0 Å². The van der Waals surface area contributed by atoms with Crippen molar-refractivity contribution in [1.29, 1.82) is 0 Å². The summed E-state index contributed by atoms with van der Waals surface area (Å²) in [5.41, 5.74) is 1.59. The van der Waals surface area contributed by atoms with Gasteiger partial charge in [0.2, 0.25) is 5.76 Å². The number of pyridine rings is 1. The SMILES string of the molecule is O=C(c1cc(-c2ccccc2)no1)N(c1ccccn1)C1CCCC1. The van der Waals surface area contributed by atoms with Crippen LogP contribution >= 0.6 is 0 Å². The van der Waals surface area contributed by atoms with Crippen molar-refractivity contribution in [2.75, 3.05) is 4.90 Å². The normalized spacial score (nSPS) is 14.6. The summed E-state index contributed by atoms with van der Waals surface area (Å²) in [5.74, 6) is 0.730. The first kappa shape index (κ1) is 15.6. The molecule has 1 saturated carbocycles. The van der Waals surface area contributed by atoms with Crippen LogP contribution in [-0.4, -0.2) is 22.1 Å². The number of hydrogen-bond acceptors (Lipinski definition) is 4. The maximum atomic E-state index is 13.1. The van der Waals surface area contributed by atoms with Crippen LogP contribution in [0.5, 0.6) is 0 Å². The van der Waals surface area contributed by atoms with Gasteiger partial charge in [-0.05, 0) is 25.0 Å². The zero-order chi connectivity index (χ0) is 17.1. The lowest BCUT2D eigenvalue weighted by Crippen LogP contribution is -2.39. The molecule has 0 radical (unpaired) electrons. The first-order chi connectivity index (χ1) is 12.3. The highest BCUT2D eigenvalue weighted by atomic mass is 16.5. The highest BCUT2D eigenvalue weighted by Gasteiger charge is 2.31. The molecule has 0 spiro atoms. The summed E-state index contributed by atoms with van der Waals surface area (Å²) in [7, 11) is 0. The topological polar surface area (TPSA) is 59.2 Å². The van der Waals surface area contributed by atoms with Crippen LogP contribution in [0.25, 0.3) is 11.3 Å². The zero-order valence-electron chi connectivity index (χ0n) is 13.8. The third-order valence-corrected chi connectivity index (χ3v) is 4.60. The molecule has 0 aliphatic heterocycles. The molecule has 1 aliphatic carbocycles. The van der Waals surface area contributed by atoms with E-state index in [-0.39, 0.29) is 17.7 Å². The predicted octanol–water partition coefficient (Wildman–Crippen LogP) is 4.33. The monoisotopic (exact) mass is 333 g/mol. The molecule has 2 aromatic heterocycles. The van der Waals surface area contributed by atoms with E-state index in [0.717, 1.165) is 31.2 Å². The molecule has 1 amide bonds. The molecule has 0 N–H and O–H groups in total. The molecule has 0 bridgehead atoms. The Balaban J connectivity index is 1.66. The first-order valence-electron chi connectivity index (χ1n) is 8.59. The van der Waals surface area contributed by atoms with Gasteiger partial charge < -0.3 is 4.52 Å². The molecular weight excluding hydrogens is 314 g/mol. The van der Waals surface area contributed by atoms with Crippen LogP contribution in [-0.2, 0) is 0 Å². The second kappa shape index (κ2) is 6.89. The molecule has 3 aromatic rings. The minimum absolute atomic E-state index is 0.160. The van der Waals surface area contributed by atoms with E-state index >= 15 is 0 Å². The van der Waals surface area contributed by atoms with Crippen molar-refractivity contribution in [2.24, 2.45) is 0 Å². The number of hydrogen-bond donors (Lipinski definition) is 0. The summed E-state index contributed by atoms with van der Waals surface area (Å²) in [6.45, 7) is 0. The van der Waals surface area contributed by atoms with Gasteiger partial charge in [0.05, 0.1) is 0 Å². The van der Waals surface area contributed by atoms with Crippen LogP contribution in [0.1, 0.15) is 36.2 Å². The van der Waals surface area contributed by atoms with Crippen molar-refractivity contribution in [3.05, 3.63) is 66.6 Å². The van der Waals surface area contributed by atoms with Gasteiger partial charge in [0, 0.05) is 23.9 Å². The van der Waals surface area contributed by atoms with Gasteiger partial charge in [0.1, 0.15) is 11.5 Å². The Morgan fingerprint density at radius 3 is 2.52 bits per heavy atom. The molecule has 0 unspecified atom stereocenters. The van der Waals surface area contributed by atoms with Gasteiger partial charge in [-0.1, -0.05) is 54.4 Å². The zero-order valence-corrected chi connectivity index (χ0v) is 13.8. The van der Waals surface area contributed by atoms with Crippen molar-refractivity contribution in [1.82, 2.24) is 10.1 Å². The lowest BCUT2D eigenvalue weighted by atomic mass is 10.1. The molecule has 5 nitrogen and oxygen atoms in total. The van der Waals surface area contributed by atoms with Crippen LogP contribution < -0.4 is 4.90 Å². The molecule has 0 atom stereocenters. The molecule has 1 aliphatic rings. The lowest BCUT2D eigenvalue weighted by molar-refractivity contribution is 0.0940. The standard InChI is InChI=1S/C20H19N3O2/c24-20(18-14-17(22-25-18)15-8-2-1-3-9-15)23(16-10-4-5-11-16)19-12-6-7-13-21-19/h1-3,6-9,12-14,16H,4-5,10-11H2. The van der Waals surface area contributed by atoms with Crippen LogP contribution in [0.15, 0.2) is 65.3 Å². The number of anilines is 1. The van der Waals surface area contributed by atoms with Gasteiger partial charge in [0.15, 0.2) is 0 Å². The maximum absolute atomic E-state index is 13.1. The largest absolute Gasteiger partial charge is 0.350 e. The summed E-state index contributed by atoms with van der Waals surface area (Å²) >= 11 is 0. The Hall–Kier alpha value is -2.95. The van der Waals surface area contributed by atoms with E-state index in [0.29, 0.717) is 11.5 Å². The lowest BCUT2D eigenvalue weighted by Gasteiger charge is -2.26. The molecule has 0 saturated heterocycles. The average Bonchev–Trinajstić information content (AvgIpc) is 3.36.